The predicted molar refractivity (Wildman–Crippen MR) is 111 cm³/mol. The van der Waals surface area contributed by atoms with E-state index in [-0.39, 0.29) is 11.4 Å². The standard InChI is InChI=1S/C24H31NO2/c1-3-8-23(26)20-11-13-22(14-12-20)25-17-15-24(16-18-25,27-19-4-2)21-9-6-5-7-10-21/h5-7,9-14H,3-4,8,15-19H2,1-2H3. The number of carbonyl (C=O) groups excluding carboxylic acids is 1. The van der Waals surface area contributed by atoms with Crippen molar-refractivity contribution in [3.8, 4) is 0 Å². The Labute approximate surface area is 163 Å². The molecule has 3 nitrogen and oxygen atoms in total. The number of anilines is 1. The lowest BCUT2D eigenvalue weighted by Gasteiger charge is -2.43. The summed E-state index contributed by atoms with van der Waals surface area (Å²) in [6, 6.07) is 18.8. The zero-order valence-electron chi connectivity index (χ0n) is 16.6. The first kappa shape index (κ1) is 19.6. The van der Waals surface area contributed by atoms with Gasteiger partial charge in [0.2, 0.25) is 0 Å². The van der Waals surface area contributed by atoms with Crippen molar-refractivity contribution in [2.24, 2.45) is 0 Å². The molecule has 1 heterocycles. The molecular weight excluding hydrogens is 334 g/mol. The van der Waals surface area contributed by atoms with E-state index in [4.69, 9.17) is 4.74 Å². The molecule has 3 rings (SSSR count). The Balaban J connectivity index is 1.70. The van der Waals surface area contributed by atoms with Crippen LogP contribution in [-0.2, 0) is 10.3 Å². The average molecular weight is 366 g/mol. The van der Waals surface area contributed by atoms with Crippen molar-refractivity contribution in [2.45, 2.75) is 51.6 Å². The summed E-state index contributed by atoms with van der Waals surface area (Å²) in [5.74, 6) is 0.235. The Morgan fingerprint density at radius 1 is 0.963 bits per heavy atom. The maximum Gasteiger partial charge on any atom is 0.162 e. The number of hydrogen-bond acceptors (Lipinski definition) is 3. The molecule has 0 N–H and O–H groups in total. The fourth-order valence-electron chi connectivity index (χ4n) is 3.91. The summed E-state index contributed by atoms with van der Waals surface area (Å²) >= 11 is 0. The van der Waals surface area contributed by atoms with Crippen LogP contribution in [0.5, 0.6) is 0 Å². The third-order valence-electron chi connectivity index (χ3n) is 5.48. The second-order valence-corrected chi connectivity index (χ2v) is 7.42. The van der Waals surface area contributed by atoms with Crippen LogP contribution in [0, 0.1) is 0 Å². The summed E-state index contributed by atoms with van der Waals surface area (Å²) in [4.78, 5) is 14.5. The highest BCUT2D eigenvalue weighted by molar-refractivity contribution is 5.96. The van der Waals surface area contributed by atoms with Crippen molar-refractivity contribution in [3.05, 3.63) is 65.7 Å². The van der Waals surface area contributed by atoms with E-state index in [0.29, 0.717) is 6.42 Å². The van der Waals surface area contributed by atoms with Crippen LogP contribution in [0.15, 0.2) is 54.6 Å². The molecule has 27 heavy (non-hydrogen) atoms. The number of Topliss-reactive ketones (excluding diaryl/α,β-unsaturated/α-hetero) is 1. The van der Waals surface area contributed by atoms with Crippen LogP contribution in [0.2, 0.25) is 0 Å². The normalized spacial score (nSPS) is 16.3. The van der Waals surface area contributed by atoms with Crippen molar-refractivity contribution in [1.29, 1.82) is 0 Å². The van der Waals surface area contributed by atoms with Crippen molar-refractivity contribution in [2.75, 3.05) is 24.6 Å². The van der Waals surface area contributed by atoms with Gasteiger partial charge in [0.15, 0.2) is 5.78 Å². The van der Waals surface area contributed by atoms with E-state index in [1.54, 1.807) is 0 Å². The molecule has 0 saturated carbocycles. The lowest BCUT2D eigenvalue weighted by atomic mass is 9.84. The van der Waals surface area contributed by atoms with Crippen LogP contribution in [0.1, 0.15) is 61.9 Å². The molecule has 1 aliphatic rings. The molecule has 0 aliphatic carbocycles. The summed E-state index contributed by atoms with van der Waals surface area (Å²) < 4.78 is 6.40. The highest BCUT2D eigenvalue weighted by atomic mass is 16.5. The first-order valence-corrected chi connectivity index (χ1v) is 10.3. The number of benzene rings is 2. The van der Waals surface area contributed by atoms with Crippen LogP contribution in [0.25, 0.3) is 0 Å². The minimum absolute atomic E-state index is 0.176. The first-order chi connectivity index (χ1) is 13.2. The van der Waals surface area contributed by atoms with Crippen molar-refractivity contribution in [3.63, 3.8) is 0 Å². The first-order valence-electron chi connectivity index (χ1n) is 10.3. The Morgan fingerprint density at radius 3 is 2.22 bits per heavy atom. The molecule has 0 atom stereocenters. The van der Waals surface area contributed by atoms with Gasteiger partial charge in [-0.3, -0.25) is 4.79 Å². The SMILES string of the molecule is CCCOC1(c2ccccc2)CCN(c2ccc(C(=O)CCC)cc2)CC1. The molecule has 0 amide bonds. The zero-order chi connectivity index (χ0) is 19.1. The third-order valence-corrected chi connectivity index (χ3v) is 5.48. The molecule has 0 aromatic heterocycles. The highest BCUT2D eigenvalue weighted by Gasteiger charge is 2.37. The predicted octanol–water partition coefficient (Wildman–Crippen LogP) is 5.59. The minimum Gasteiger partial charge on any atom is -0.371 e. The van der Waals surface area contributed by atoms with Gasteiger partial charge in [0, 0.05) is 37.4 Å². The van der Waals surface area contributed by atoms with Crippen molar-refractivity contribution in [1.82, 2.24) is 0 Å². The van der Waals surface area contributed by atoms with Crippen LogP contribution in [0.3, 0.4) is 0 Å². The fraction of sp³-hybridized carbons (Fsp3) is 0.458. The second-order valence-electron chi connectivity index (χ2n) is 7.42. The molecule has 2 aromatic carbocycles. The Bertz CT molecular complexity index is 716. The quantitative estimate of drug-likeness (QED) is 0.571. The molecule has 2 aromatic rings. The summed E-state index contributed by atoms with van der Waals surface area (Å²) in [6.07, 6.45) is 4.51. The molecule has 0 radical (unpaired) electrons. The van der Waals surface area contributed by atoms with Gasteiger partial charge in [-0.2, -0.15) is 0 Å². The van der Waals surface area contributed by atoms with Gasteiger partial charge in [-0.05, 0) is 55.5 Å². The van der Waals surface area contributed by atoms with Gasteiger partial charge in [-0.25, -0.2) is 0 Å². The number of carbonyl (C=O) groups is 1. The highest BCUT2D eigenvalue weighted by Crippen LogP contribution is 2.38. The van der Waals surface area contributed by atoms with Crippen LogP contribution >= 0.6 is 0 Å². The summed E-state index contributed by atoms with van der Waals surface area (Å²) in [6.45, 7) is 6.92. The van der Waals surface area contributed by atoms with Crippen LogP contribution in [0.4, 0.5) is 5.69 Å². The van der Waals surface area contributed by atoms with Crippen molar-refractivity contribution >= 4 is 11.5 Å². The van der Waals surface area contributed by atoms with Gasteiger partial charge in [0.05, 0.1) is 5.60 Å². The van der Waals surface area contributed by atoms with E-state index in [0.717, 1.165) is 50.9 Å². The van der Waals surface area contributed by atoms with E-state index >= 15 is 0 Å². The molecule has 3 heteroatoms. The van der Waals surface area contributed by atoms with Crippen LogP contribution in [-0.4, -0.2) is 25.5 Å². The minimum atomic E-state index is -0.176. The van der Waals surface area contributed by atoms with E-state index in [1.165, 1.54) is 11.3 Å². The smallest absolute Gasteiger partial charge is 0.162 e. The lowest BCUT2D eigenvalue weighted by molar-refractivity contribution is -0.0674. The maximum atomic E-state index is 12.0. The molecule has 0 bridgehead atoms. The molecule has 144 valence electrons. The van der Waals surface area contributed by atoms with Crippen molar-refractivity contribution < 1.29 is 9.53 Å². The van der Waals surface area contributed by atoms with Gasteiger partial charge < -0.3 is 9.64 Å². The van der Waals surface area contributed by atoms with E-state index < -0.39 is 0 Å². The topological polar surface area (TPSA) is 29.5 Å². The molecule has 0 unspecified atom stereocenters. The molecule has 0 spiro atoms. The summed E-state index contributed by atoms with van der Waals surface area (Å²) in [7, 11) is 0. The fourth-order valence-corrected chi connectivity index (χ4v) is 3.91. The molecular formula is C24H31NO2. The Hall–Kier alpha value is -2.13. The maximum absolute atomic E-state index is 12.0. The summed E-state index contributed by atoms with van der Waals surface area (Å²) in [5.41, 5.74) is 3.13. The monoisotopic (exact) mass is 365 g/mol. The number of rotatable bonds is 8. The number of ether oxygens (including phenoxy) is 1. The number of hydrogen-bond donors (Lipinski definition) is 0. The van der Waals surface area contributed by atoms with E-state index in [9.17, 15) is 4.79 Å². The van der Waals surface area contributed by atoms with Gasteiger partial charge in [-0.15, -0.1) is 0 Å². The second kappa shape index (κ2) is 9.18. The average Bonchev–Trinajstić information content (AvgIpc) is 2.73. The summed E-state index contributed by atoms with van der Waals surface area (Å²) in [5, 5.41) is 0. The number of nitrogens with zero attached hydrogens (tertiary/aromatic N) is 1. The molecule has 1 saturated heterocycles. The van der Waals surface area contributed by atoms with Gasteiger partial charge in [0.1, 0.15) is 0 Å². The zero-order valence-corrected chi connectivity index (χ0v) is 16.6. The lowest BCUT2D eigenvalue weighted by Crippen LogP contribution is -2.44. The Morgan fingerprint density at radius 2 is 1.63 bits per heavy atom. The van der Waals surface area contributed by atoms with Gasteiger partial charge >= 0.3 is 0 Å². The number of ketones is 1. The van der Waals surface area contributed by atoms with Gasteiger partial charge in [-0.1, -0.05) is 44.2 Å². The third kappa shape index (κ3) is 4.59. The van der Waals surface area contributed by atoms with E-state index in [2.05, 4.69) is 54.3 Å². The molecule has 1 fully saturated rings. The Kier molecular flexibility index (Phi) is 6.68. The van der Waals surface area contributed by atoms with E-state index in [1.807, 2.05) is 19.1 Å². The largest absolute Gasteiger partial charge is 0.371 e. The number of piperidine rings is 1. The van der Waals surface area contributed by atoms with Crippen LogP contribution < -0.4 is 4.90 Å². The van der Waals surface area contributed by atoms with Gasteiger partial charge in [0.25, 0.3) is 0 Å². The molecule has 1 aliphatic heterocycles.